The topological polar surface area (TPSA) is 35.5 Å². The van der Waals surface area contributed by atoms with E-state index in [0.29, 0.717) is 5.56 Å². The molecule has 3 nitrogen and oxygen atoms in total. The van der Waals surface area contributed by atoms with Gasteiger partial charge in [-0.05, 0) is 18.2 Å². The predicted molar refractivity (Wildman–Crippen MR) is 61.5 cm³/mol. The summed E-state index contributed by atoms with van der Waals surface area (Å²) in [5.41, 5.74) is -0.0428. The Morgan fingerprint density at radius 3 is 2.67 bits per heavy atom. The molecule has 0 amide bonds. The summed E-state index contributed by atoms with van der Waals surface area (Å²) in [5.74, 6) is -1.59. The van der Waals surface area contributed by atoms with Crippen LogP contribution in [-0.4, -0.2) is 19.7 Å². The van der Waals surface area contributed by atoms with Gasteiger partial charge in [0, 0.05) is 12.5 Å². The minimum atomic E-state index is -3.11. The van der Waals surface area contributed by atoms with Crippen LogP contribution in [0, 0.1) is 12.3 Å². The predicted octanol–water partition coefficient (Wildman–Crippen LogP) is 2.33. The minimum absolute atomic E-state index is 0.0908. The van der Waals surface area contributed by atoms with E-state index >= 15 is 0 Å². The molecule has 0 atom stereocenters. The molecule has 0 spiro atoms. The van der Waals surface area contributed by atoms with Crippen LogP contribution in [0.5, 0.6) is 5.75 Å². The van der Waals surface area contributed by atoms with Gasteiger partial charge in [0.2, 0.25) is 0 Å². The normalized spacial score (nSPS) is 10.6. The smallest absolute Gasteiger partial charge is 0.343 e. The van der Waals surface area contributed by atoms with Crippen LogP contribution in [0.3, 0.4) is 0 Å². The highest BCUT2D eigenvalue weighted by molar-refractivity contribution is 5.71. The average Bonchev–Trinajstić information content (AvgIpc) is 2.34. The molecule has 1 aromatic rings. The van der Waals surface area contributed by atoms with Crippen molar-refractivity contribution in [3.8, 4) is 18.1 Å². The molecule has 0 aromatic heterocycles. The number of carbonyl (C=O) groups excluding carboxylic acids is 1. The minimum Gasteiger partial charge on any atom is -0.481 e. The van der Waals surface area contributed by atoms with Crippen molar-refractivity contribution in [2.24, 2.45) is 0 Å². The molecule has 0 fully saturated rings. The summed E-state index contributed by atoms with van der Waals surface area (Å²) in [6.45, 7) is 0.294. The highest BCUT2D eigenvalue weighted by Crippen LogP contribution is 2.35. The quantitative estimate of drug-likeness (QED) is 0.611. The number of esters is 1. The Morgan fingerprint density at radius 1 is 1.50 bits per heavy atom. The lowest BCUT2D eigenvalue weighted by Crippen LogP contribution is -2.16. The molecule has 1 aromatic carbocycles. The van der Waals surface area contributed by atoms with Crippen molar-refractivity contribution < 1.29 is 23.0 Å². The molecule has 0 heterocycles. The van der Waals surface area contributed by atoms with Gasteiger partial charge in [-0.3, -0.25) is 0 Å². The van der Waals surface area contributed by atoms with Crippen LogP contribution in [-0.2, 0) is 15.5 Å². The third-order valence-corrected chi connectivity index (χ3v) is 2.19. The third-order valence-electron chi connectivity index (χ3n) is 2.19. The maximum absolute atomic E-state index is 13.4. The fraction of sp³-hybridized carbons (Fsp3) is 0.308. The van der Waals surface area contributed by atoms with Crippen LogP contribution in [0.4, 0.5) is 8.78 Å². The molecule has 96 valence electrons. The summed E-state index contributed by atoms with van der Waals surface area (Å²) < 4.78 is 36.1. The van der Waals surface area contributed by atoms with Crippen molar-refractivity contribution in [2.45, 2.75) is 12.8 Å². The van der Waals surface area contributed by atoms with E-state index in [4.69, 9.17) is 11.2 Å². The van der Waals surface area contributed by atoms with E-state index in [0.717, 1.165) is 13.0 Å². The Bertz CT molecular complexity index is 484. The first-order chi connectivity index (χ1) is 8.38. The monoisotopic (exact) mass is 254 g/mol. The number of hydrogen-bond acceptors (Lipinski definition) is 3. The van der Waals surface area contributed by atoms with Gasteiger partial charge < -0.3 is 9.47 Å². The van der Waals surface area contributed by atoms with Gasteiger partial charge in [0.1, 0.15) is 5.75 Å². The lowest BCUT2D eigenvalue weighted by molar-refractivity contribution is -0.143. The molecule has 0 bridgehead atoms. The van der Waals surface area contributed by atoms with Crippen LogP contribution >= 0.6 is 0 Å². The zero-order valence-electron chi connectivity index (χ0n) is 10.00. The molecule has 0 aliphatic heterocycles. The van der Waals surface area contributed by atoms with Gasteiger partial charge in [-0.25, -0.2) is 13.6 Å². The standard InChI is InChI=1S/C13H12F2O3/c1-4-9-5-6-11(18-8-12(16)17-3)10(7-9)13(2,14)15/h1,5-7H,8H2,2-3H3. The SMILES string of the molecule is C#Cc1ccc(OCC(=O)OC)c(C(C)(F)F)c1. The largest absolute Gasteiger partial charge is 0.481 e. The lowest BCUT2D eigenvalue weighted by Gasteiger charge is -2.16. The summed E-state index contributed by atoms with van der Waals surface area (Å²) >= 11 is 0. The maximum atomic E-state index is 13.4. The number of halogens is 2. The van der Waals surface area contributed by atoms with Crippen LogP contribution in [0.25, 0.3) is 0 Å². The zero-order valence-corrected chi connectivity index (χ0v) is 10.00. The molecule has 0 aliphatic carbocycles. The molecule has 18 heavy (non-hydrogen) atoms. The van der Waals surface area contributed by atoms with E-state index in [1.165, 1.54) is 19.2 Å². The van der Waals surface area contributed by atoms with Crippen molar-refractivity contribution in [3.63, 3.8) is 0 Å². The van der Waals surface area contributed by atoms with Crippen molar-refractivity contribution in [2.75, 3.05) is 13.7 Å². The maximum Gasteiger partial charge on any atom is 0.343 e. The molecular formula is C13H12F2O3. The summed E-state index contributed by atoms with van der Waals surface area (Å²) in [7, 11) is 1.18. The number of alkyl halides is 2. The number of benzene rings is 1. The van der Waals surface area contributed by atoms with E-state index in [1.54, 1.807) is 0 Å². The Labute approximate surface area is 104 Å². The van der Waals surface area contributed by atoms with Crippen LogP contribution in [0.1, 0.15) is 18.1 Å². The van der Waals surface area contributed by atoms with E-state index < -0.39 is 18.5 Å². The summed E-state index contributed by atoms with van der Waals surface area (Å²) in [6, 6.07) is 3.93. The van der Waals surface area contributed by atoms with E-state index in [1.807, 2.05) is 0 Å². The first-order valence-electron chi connectivity index (χ1n) is 5.07. The fourth-order valence-corrected chi connectivity index (χ4v) is 1.28. The van der Waals surface area contributed by atoms with Crippen LogP contribution < -0.4 is 4.74 Å². The number of methoxy groups -OCH3 is 1. The van der Waals surface area contributed by atoms with Gasteiger partial charge in [0.25, 0.3) is 5.92 Å². The van der Waals surface area contributed by atoms with Crippen molar-refractivity contribution in [3.05, 3.63) is 29.3 Å². The molecule has 0 aliphatic rings. The summed E-state index contributed by atoms with van der Waals surface area (Å²) in [6.07, 6.45) is 5.15. The Hall–Kier alpha value is -2.09. The molecule has 0 saturated heterocycles. The van der Waals surface area contributed by atoms with Crippen LogP contribution in [0.15, 0.2) is 18.2 Å². The second kappa shape index (κ2) is 5.50. The highest BCUT2D eigenvalue weighted by Gasteiger charge is 2.29. The van der Waals surface area contributed by atoms with E-state index in [2.05, 4.69) is 10.7 Å². The second-order valence-electron chi connectivity index (χ2n) is 3.61. The third kappa shape index (κ3) is 3.45. The van der Waals surface area contributed by atoms with Gasteiger partial charge in [0.15, 0.2) is 6.61 Å². The first-order valence-corrected chi connectivity index (χ1v) is 5.07. The van der Waals surface area contributed by atoms with Gasteiger partial charge in [-0.1, -0.05) is 5.92 Å². The van der Waals surface area contributed by atoms with Crippen molar-refractivity contribution >= 4 is 5.97 Å². The Balaban J connectivity index is 3.04. The number of carbonyl (C=O) groups is 1. The first kappa shape index (κ1) is 14.0. The molecule has 0 unspecified atom stereocenters. The Morgan fingerprint density at radius 2 is 2.17 bits per heavy atom. The zero-order chi connectivity index (χ0) is 13.8. The molecule has 0 saturated carbocycles. The lowest BCUT2D eigenvalue weighted by atomic mass is 10.1. The Kier molecular flexibility index (Phi) is 4.27. The highest BCUT2D eigenvalue weighted by atomic mass is 19.3. The van der Waals surface area contributed by atoms with Crippen LogP contribution in [0.2, 0.25) is 0 Å². The van der Waals surface area contributed by atoms with Gasteiger partial charge >= 0.3 is 5.97 Å². The van der Waals surface area contributed by atoms with Crippen molar-refractivity contribution in [1.82, 2.24) is 0 Å². The molecule has 1 rings (SSSR count). The fourth-order valence-electron chi connectivity index (χ4n) is 1.28. The number of hydrogen-bond donors (Lipinski definition) is 0. The van der Waals surface area contributed by atoms with Crippen molar-refractivity contribution in [1.29, 1.82) is 0 Å². The van der Waals surface area contributed by atoms with Gasteiger partial charge in [-0.2, -0.15) is 0 Å². The second-order valence-corrected chi connectivity index (χ2v) is 3.61. The van der Waals surface area contributed by atoms with E-state index in [-0.39, 0.29) is 11.3 Å². The molecule has 0 N–H and O–H groups in total. The average molecular weight is 254 g/mol. The summed E-state index contributed by atoms with van der Waals surface area (Å²) in [5, 5.41) is 0. The number of rotatable bonds is 4. The van der Waals surface area contributed by atoms with Gasteiger partial charge in [0.05, 0.1) is 12.7 Å². The van der Waals surface area contributed by atoms with Gasteiger partial charge in [-0.15, -0.1) is 6.42 Å². The molecule has 0 radical (unpaired) electrons. The number of ether oxygens (including phenoxy) is 2. The van der Waals surface area contributed by atoms with E-state index in [9.17, 15) is 13.6 Å². The number of terminal acetylenes is 1. The molecular weight excluding hydrogens is 242 g/mol. The summed E-state index contributed by atoms with van der Waals surface area (Å²) in [4.78, 5) is 10.9. The molecule has 5 heteroatoms.